The van der Waals surface area contributed by atoms with Gasteiger partial charge in [0, 0.05) is 19.0 Å². The normalized spacial score (nSPS) is 19.5. The summed E-state index contributed by atoms with van der Waals surface area (Å²) in [5, 5.41) is 6.50. The molecule has 0 radical (unpaired) electrons. The van der Waals surface area contributed by atoms with E-state index in [1.54, 1.807) is 14.0 Å². The summed E-state index contributed by atoms with van der Waals surface area (Å²) in [6.45, 7) is 2.69. The van der Waals surface area contributed by atoms with Crippen molar-refractivity contribution < 1.29 is 13.2 Å². The third kappa shape index (κ3) is 2.50. The van der Waals surface area contributed by atoms with Crippen molar-refractivity contribution >= 4 is 10.0 Å². The molecule has 118 valence electrons. The molecule has 0 bridgehead atoms. The maximum Gasteiger partial charge on any atom is 0.246 e. The van der Waals surface area contributed by atoms with E-state index in [0.29, 0.717) is 18.8 Å². The van der Waals surface area contributed by atoms with Crippen molar-refractivity contribution in [2.75, 3.05) is 20.2 Å². The molecule has 0 aliphatic carbocycles. The average molecular weight is 321 g/mol. The molecule has 2 heterocycles. The minimum absolute atomic E-state index is 0.151. The zero-order chi connectivity index (χ0) is 15.7. The van der Waals surface area contributed by atoms with E-state index in [1.807, 2.05) is 24.3 Å². The van der Waals surface area contributed by atoms with E-state index in [-0.39, 0.29) is 10.8 Å². The van der Waals surface area contributed by atoms with Gasteiger partial charge in [-0.2, -0.15) is 9.40 Å². The molecule has 1 aromatic carbocycles. The second-order valence-corrected chi connectivity index (χ2v) is 7.36. The van der Waals surface area contributed by atoms with Gasteiger partial charge in [0.25, 0.3) is 0 Å². The van der Waals surface area contributed by atoms with Crippen LogP contribution in [0.4, 0.5) is 0 Å². The number of sulfonamides is 1. The number of nitrogens with one attached hydrogen (secondary N) is 1. The zero-order valence-electron chi connectivity index (χ0n) is 12.6. The fourth-order valence-corrected chi connectivity index (χ4v) is 4.56. The van der Waals surface area contributed by atoms with Crippen molar-refractivity contribution in [1.82, 2.24) is 14.5 Å². The van der Waals surface area contributed by atoms with Crippen molar-refractivity contribution in [1.29, 1.82) is 0 Å². The number of methoxy groups -OCH3 is 1. The van der Waals surface area contributed by atoms with Crippen molar-refractivity contribution in [2.45, 2.75) is 24.2 Å². The van der Waals surface area contributed by atoms with Gasteiger partial charge in [-0.3, -0.25) is 5.10 Å². The highest BCUT2D eigenvalue weighted by Gasteiger charge is 2.35. The highest BCUT2D eigenvalue weighted by Crippen LogP contribution is 2.35. The number of aryl methyl sites for hydroxylation is 1. The Labute approximate surface area is 130 Å². The van der Waals surface area contributed by atoms with E-state index in [1.165, 1.54) is 10.5 Å². The number of H-pyrrole nitrogens is 1. The Morgan fingerprint density at radius 1 is 1.36 bits per heavy atom. The molecule has 0 unspecified atom stereocenters. The van der Waals surface area contributed by atoms with Gasteiger partial charge < -0.3 is 4.74 Å². The van der Waals surface area contributed by atoms with Crippen LogP contribution in [0.2, 0.25) is 0 Å². The largest absolute Gasteiger partial charge is 0.496 e. The van der Waals surface area contributed by atoms with Gasteiger partial charge in [0.15, 0.2) is 0 Å². The number of aromatic amines is 1. The monoisotopic (exact) mass is 321 g/mol. The molecular formula is C15H19N3O3S. The van der Waals surface area contributed by atoms with Gasteiger partial charge >= 0.3 is 0 Å². The molecular weight excluding hydrogens is 302 g/mol. The first-order chi connectivity index (χ1) is 10.5. The van der Waals surface area contributed by atoms with Crippen LogP contribution in [-0.2, 0) is 10.0 Å². The van der Waals surface area contributed by atoms with E-state index in [0.717, 1.165) is 17.7 Å². The number of nitrogens with zero attached hydrogens (tertiary/aromatic N) is 2. The number of aromatic nitrogens is 2. The van der Waals surface area contributed by atoms with Crippen LogP contribution in [0.15, 0.2) is 35.4 Å². The van der Waals surface area contributed by atoms with E-state index in [2.05, 4.69) is 10.2 Å². The van der Waals surface area contributed by atoms with E-state index >= 15 is 0 Å². The maximum atomic E-state index is 12.7. The minimum Gasteiger partial charge on any atom is -0.496 e. The van der Waals surface area contributed by atoms with Gasteiger partial charge in [-0.25, -0.2) is 8.42 Å². The van der Waals surface area contributed by atoms with Crippen molar-refractivity contribution in [3.63, 3.8) is 0 Å². The fourth-order valence-electron chi connectivity index (χ4n) is 2.94. The van der Waals surface area contributed by atoms with E-state index < -0.39 is 10.0 Å². The first kappa shape index (κ1) is 15.1. The summed E-state index contributed by atoms with van der Waals surface area (Å²) >= 11 is 0. The quantitative estimate of drug-likeness (QED) is 0.933. The fraction of sp³-hybridized carbons (Fsp3) is 0.400. The molecule has 0 amide bonds. The zero-order valence-corrected chi connectivity index (χ0v) is 13.4. The Hall–Kier alpha value is -1.86. The van der Waals surface area contributed by atoms with Gasteiger partial charge in [-0.15, -0.1) is 0 Å². The first-order valence-electron chi connectivity index (χ1n) is 7.17. The molecule has 1 aliphatic heterocycles. The number of hydrogen-bond donors (Lipinski definition) is 1. The molecule has 22 heavy (non-hydrogen) atoms. The Morgan fingerprint density at radius 3 is 2.82 bits per heavy atom. The Bertz CT molecular complexity index is 770. The summed E-state index contributed by atoms with van der Waals surface area (Å²) in [6.07, 6.45) is 2.16. The van der Waals surface area contributed by atoms with Crippen LogP contribution in [0.25, 0.3) is 0 Å². The molecule has 1 N–H and O–H groups in total. The Morgan fingerprint density at radius 2 is 2.14 bits per heavy atom. The maximum absolute atomic E-state index is 12.7. The van der Waals surface area contributed by atoms with Gasteiger partial charge in [0.1, 0.15) is 10.6 Å². The molecule has 6 nitrogen and oxygen atoms in total. The van der Waals surface area contributed by atoms with E-state index in [9.17, 15) is 8.42 Å². The number of benzene rings is 1. The Kier molecular flexibility index (Phi) is 3.92. The number of rotatable bonds is 4. The third-order valence-corrected chi connectivity index (χ3v) is 6.11. The Balaban J connectivity index is 1.85. The second-order valence-electron chi connectivity index (χ2n) is 5.45. The first-order valence-corrected chi connectivity index (χ1v) is 8.61. The van der Waals surface area contributed by atoms with Crippen LogP contribution in [0.3, 0.4) is 0 Å². The van der Waals surface area contributed by atoms with Crippen LogP contribution in [0, 0.1) is 6.92 Å². The van der Waals surface area contributed by atoms with Crippen LogP contribution < -0.4 is 4.74 Å². The van der Waals surface area contributed by atoms with Crippen LogP contribution in [0.5, 0.6) is 5.75 Å². The van der Waals surface area contributed by atoms with Crippen LogP contribution in [0.1, 0.15) is 23.6 Å². The van der Waals surface area contributed by atoms with Crippen LogP contribution >= 0.6 is 0 Å². The predicted molar refractivity (Wildman–Crippen MR) is 82.4 cm³/mol. The predicted octanol–water partition coefficient (Wildman–Crippen LogP) is 1.90. The highest BCUT2D eigenvalue weighted by molar-refractivity contribution is 7.89. The molecule has 7 heteroatoms. The summed E-state index contributed by atoms with van der Waals surface area (Å²) < 4.78 is 32.3. The van der Waals surface area contributed by atoms with Crippen molar-refractivity contribution in [2.24, 2.45) is 0 Å². The smallest absolute Gasteiger partial charge is 0.246 e. The second kappa shape index (κ2) is 5.73. The summed E-state index contributed by atoms with van der Waals surface area (Å²) in [5.41, 5.74) is 1.63. The van der Waals surface area contributed by atoms with E-state index in [4.69, 9.17) is 4.74 Å². The molecule has 1 saturated heterocycles. The summed E-state index contributed by atoms with van der Waals surface area (Å²) in [4.78, 5) is 0.258. The number of hydrogen-bond acceptors (Lipinski definition) is 4. The minimum atomic E-state index is -3.49. The lowest BCUT2D eigenvalue weighted by Gasteiger charge is -2.17. The lowest BCUT2D eigenvalue weighted by Crippen LogP contribution is -2.29. The summed E-state index contributed by atoms with van der Waals surface area (Å²) in [7, 11) is -1.85. The van der Waals surface area contributed by atoms with Crippen LogP contribution in [-0.4, -0.2) is 43.1 Å². The molecule has 2 aromatic rings. The molecule has 1 aromatic heterocycles. The van der Waals surface area contributed by atoms with Gasteiger partial charge in [-0.05, 0) is 25.0 Å². The van der Waals surface area contributed by atoms with Gasteiger partial charge in [0.05, 0.1) is 19.0 Å². The van der Waals surface area contributed by atoms with Crippen molar-refractivity contribution in [3.8, 4) is 5.75 Å². The third-order valence-electron chi connectivity index (χ3n) is 4.13. The standard InChI is InChI=1S/C15H19N3O3S/c1-11-15(9-16-17-11)22(19,20)18-8-7-12(10-18)13-5-3-4-6-14(13)21-2/h3-6,9,12H,7-8,10H2,1-2H3,(H,16,17)/t12-/m0/s1. The summed E-state index contributed by atoms with van der Waals surface area (Å²) in [6, 6.07) is 7.78. The van der Waals surface area contributed by atoms with Gasteiger partial charge in [0.2, 0.25) is 10.0 Å². The number of para-hydroxylation sites is 1. The lowest BCUT2D eigenvalue weighted by molar-refractivity contribution is 0.405. The molecule has 1 atom stereocenters. The molecule has 1 fully saturated rings. The molecule has 0 saturated carbocycles. The highest BCUT2D eigenvalue weighted by atomic mass is 32.2. The topological polar surface area (TPSA) is 75.3 Å². The lowest BCUT2D eigenvalue weighted by atomic mass is 9.97. The SMILES string of the molecule is COc1ccccc1[C@H]1CCN(S(=O)(=O)c2cn[nH]c2C)C1. The van der Waals surface area contributed by atoms with Crippen molar-refractivity contribution in [3.05, 3.63) is 41.7 Å². The average Bonchev–Trinajstić information content (AvgIpc) is 3.16. The molecule has 0 spiro atoms. The summed E-state index contributed by atoms with van der Waals surface area (Å²) in [5.74, 6) is 0.962. The van der Waals surface area contributed by atoms with Gasteiger partial charge in [-0.1, -0.05) is 18.2 Å². The molecule has 1 aliphatic rings. The molecule has 3 rings (SSSR count). The number of ether oxygens (including phenoxy) is 1.